The lowest BCUT2D eigenvalue weighted by atomic mass is 9.94. The van der Waals surface area contributed by atoms with Crippen LogP contribution in [0.3, 0.4) is 0 Å². The standard InChI is InChI=1S/C20H22N2O4S/c23-18(22-16-9-3-1-2-8-15(16)20(25)26)13-6-4-7-14(12-13)21-19(24)17-10-5-11-27-17/h4-7,10-12,15-16H,1-3,8-9H2,(H,21,24)(H,22,23)(H,25,26)/t15-,16+/m1/s1. The molecule has 0 bridgehead atoms. The molecule has 0 aliphatic heterocycles. The van der Waals surface area contributed by atoms with Gasteiger partial charge < -0.3 is 15.7 Å². The number of anilines is 1. The molecule has 0 radical (unpaired) electrons. The van der Waals surface area contributed by atoms with Crippen LogP contribution in [-0.2, 0) is 4.79 Å². The maximum atomic E-state index is 12.6. The Morgan fingerprint density at radius 2 is 1.81 bits per heavy atom. The van der Waals surface area contributed by atoms with Gasteiger partial charge in [0, 0.05) is 17.3 Å². The molecule has 0 spiro atoms. The summed E-state index contributed by atoms with van der Waals surface area (Å²) in [4.78, 5) is 36.9. The molecule has 3 rings (SSSR count). The van der Waals surface area contributed by atoms with Gasteiger partial charge in [-0.05, 0) is 42.5 Å². The molecule has 1 heterocycles. The minimum absolute atomic E-state index is 0.225. The largest absolute Gasteiger partial charge is 0.481 e. The number of carbonyl (C=O) groups is 3. The quantitative estimate of drug-likeness (QED) is 0.682. The molecule has 1 saturated carbocycles. The van der Waals surface area contributed by atoms with Crippen LogP contribution in [0.5, 0.6) is 0 Å². The van der Waals surface area contributed by atoms with Gasteiger partial charge in [-0.2, -0.15) is 0 Å². The number of carboxylic acids is 1. The van der Waals surface area contributed by atoms with Gasteiger partial charge in [0.2, 0.25) is 0 Å². The zero-order chi connectivity index (χ0) is 19.2. The molecule has 2 atom stereocenters. The molecule has 142 valence electrons. The van der Waals surface area contributed by atoms with Gasteiger partial charge in [0.25, 0.3) is 11.8 Å². The van der Waals surface area contributed by atoms with Crippen LogP contribution < -0.4 is 10.6 Å². The molecular weight excluding hydrogens is 364 g/mol. The SMILES string of the molecule is O=C(N[C@H]1CCCCC[C@H]1C(=O)O)c1cccc(NC(=O)c2cccs2)c1. The van der Waals surface area contributed by atoms with E-state index in [4.69, 9.17) is 0 Å². The van der Waals surface area contributed by atoms with Crippen LogP contribution in [0.4, 0.5) is 5.69 Å². The Balaban J connectivity index is 1.69. The van der Waals surface area contributed by atoms with Crippen molar-refractivity contribution in [2.24, 2.45) is 5.92 Å². The van der Waals surface area contributed by atoms with Crippen molar-refractivity contribution in [1.82, 2.24) is 5.32 Å². The lowest BCUT2D eigenvalue weighted by Crippen LogP contribution is -2.42. The van der Waals surface area contributed by atoms with E-state index < -0.39 is 11.9 Å². The van der Waals surface area contributed by atoms with Crippen molar-refractivity contribution in [1.29, 1.82) is 0 Å². The maximum Gasteiger partial charge on any atom is 0.308 e. The van der Waals surface area contributed by atoms with Crippen LogP contribution in [0.1, 0.15) is 52.1 Å². The molecular formula is C20H22N2O4S. The molecule has 1 aromatic heterocycles. The molecule has 7 heteroatoms. The van der Waals surface area contributed by atoms with Gasteiger partial charge >= 0.3 is 5.97 Å². The summed E-state index contributed by atoms with van der Waals surface area (Å²) in [6, 6.07) is 9.83. The second kappa shape index (κ2) is 8.81. The van der Waals surface area contributed by atoms with Gasteiger partial charge in [-0.3, -0.25) is 14.4 Å². The molecule has 1 aromatic carbocycles. The molecule has 3 N–H and O–H groups in total. The highest BCUT2D eigenvalue weighted by atomic mass is 32.1. The van der Waals surface area contributed by atoms with Crippen molar-refractivity contribution < 1.29 is 19.5 Å². The summed E-state index contributed by atoms with van der Waals surface area (Å²) < 4.78 is 0. The number of amides is 2. The van der Waals surface area contributed by atoms with Crippen molar-refractivity contribution in [3.8, 4) is 0 Å². The topological polar surface area (TPSA) is 95.5 Å². The third-order valence-electron chi connectivity index (χ3n) is 4.78. The van der Waals surface area contributed by atoms with E-state index in [2.05, 4.69) is 10.6 Å². The fourth-order valence-corrected chi connectivity index (χ4v) is 3.99. The summed E-state index contributed by atoms with van der Waals surface area (Å²) in [5.74, 6) is -1.96. The average Bonchev–Trinajstić information content (AvgIpc) is 3.09. The van der Waals surface area contributed by atoms with Crippen molar-refractivity contribution in [3.63, 3.8) is 0 Å². The maximum absolute atomic E-state index is 12.6. The second-order valence-electron chi connectivity index (χ2n) is 6.67. The third kappa shape index (κ3) is 4.95. The number of aliphatic carboxylic acids is 1. The first kappa shape index (κ1) is 19.1. The molecule has 0 unspecified atom stereocenters. The van der Waals surface area contributed by atoms with Crippen molar-refractivity contribution in [3.05, 3.63) is 52.2 Å². The molecule has 1 aliphatic carbocycles. The van der Waals surface area contributed by atoms with E-state index >= 15 is 0 Å². The Hall–Kier alpha value is -2.67. The fourth-order valence-electron chi connectivity index (χ4n) is 3.37. The van der Waals surface area contributed by atoms with Crippen LogP contribution in [0.25, 0.3) is 0 Å². The van der Waals surface area contributed by atoms with E-state index in [0.29, 0.717) is 29.0 Å². The number of nitrogens with one attached hydrogen (secondary N) is 2. The first-order valence-corrected chi connectivity index (χ1v) is 9.91. The highest BCUT2D eigenvalue weighted by Crippen LogP contribution is 2.24. The van der Waals surface area contributed by atoms with Gasteiger partial charge in [-0.1, -0.05) is 31.4 Å². The summed E-state index contributed by atoms with van der Waals surface area (Å²) in [6.07, 6.45) is 4.01. The van der Waals surface area contributed by atoms with E-state index in [9.17, 15) is 19.5 Å². The van der Waals surface area contributed by atoms with E-state index in [1.54, 1.807) is 36.4 Å². The predicted molar refractivity (Wildman–Crippen MR) is 104 cm³/mol. The number of hydrogen-bond acceptors (Lipinski definition) is 4. The van der Waals surface area contributed by atoms with Gasteiger partial charge in [-0.15, -0.1) is 11.3 Å². The fraction of sp³-hybridized carbons (Fsp3) is 0.350. The Kier molecular flexibility index (Phi) is 6.24. The Labute approximate surface area is 161 Å². The highest BCUT2D eigenvalue weighted by molar-refractivity contribution is 7.12. The Morgan fingerprint density at radius 3 is 2.56 bits per heavy atom. The lowest BCUT2D eigenvalue weighted by Gasteiger charge is -2.23. The molecule has 27 heavy (non-hydrogen) atoms. The normalized spacial score (nSPS) is 19.7. The number of carboxylic acid groups (broad SMARTS) is 1. The van der Waals surface area contributed by atoms with Gasteiger partial charge in [0.05, 0.1) is 10.8 Å². The van der Waals surface area contributed by atoms with Crippen LogP contribution in [0.2, 0.25) is 0 Å². The monoisotopic (exact) mass is 386 g/mol. The summed E-state index contributed by atoms with van der Waals surface area (Å²) in [5, 5.41) is 16.9. The molecule has 6 nitrogen and oxygen atoms in total. The number of carbonyl (C=O) groups excluding carboxylic acids is 2. The van der Waals surface area contributed by atoms with E-state index in [1.807, 2.05) is 5.38 Å². The summed E-state index contributed by atoms with van der Waals surface area (Å²) in [7, 11) is 0. The van der Waals surface area contributed by atoms with E-state index in [1.165, 1.54) is 11.3 Å². The third-order valence-corrected chi connectivity index (χ3v) is 5.65. The van der Waals surface area contributed by atoms with Crippen LogP contribution in [-0.4, -0.2) is 28.9 Å². The smallest absolute Gasteiger partial charge is 0.308 e. The van der Waals surface area contributed by atoms with Crippen LogP contribution in [0.15, 0.2) is 41.8 Å². The average molecular weight is 386 g/mol. The minimum Gasteiger partial charge on any atom is -0.481 e. The number of hydrogen-bond donors (Lipinski definition) is 3. The zero-order valence-corrected chi connectivity index (χ0v) is 15.6. The lowest BCUT2D eigenvalue weighted by molar-refractivity contribution is -0.142. The zero-order valence-electron chi connectivity index (χ0n) is 14.8. The molecule has 1 aliphatic rings. The molecule has 0 saturated heterocycles. The summed E-state index contributed by atoms with van der Waals surface area (Å²) in [6.45, 7) is 0. The predicted octanol–water partition coefficient (Wildman–Crippen LogP) is 3.76. The number of thiophene rings is 1. The van der Waals surface area contributed by atoms with Crippen molar-refractivity contribution >= 4 is 34.8 Å². The Morgan fingerprint density at radius 1 is 1.00 bits per heavy atom. The van der Waals surface area contributed by atoms with Crippen LogP contribution in [0, 0.1) is 5.92 Å². The highest BCUT2D eigenvalue weighted by Gasteiger charge is 2.30. The first-order chi connectivity index (χ1) is 13.0. The van der Waals surface area contributed by atoms with E-state index in [0.717, 1.165) is 19.3 Å². The van der Waals surface area contributed by atoms with Gasteiger partial charge in [0.15, 0.2) is 0 Å². The van der Waals surface area contributed by atoms with Gasteiger partial charge in [-0.25, -0.2) is 0 Å². The number of benzene rings is 1. The summed E-state index contributed by atoms with van der Waals surface area (Å²) in [5.41, 5.74) is 0.920. The van der Waals surface area contributed by atoms with Crippen LogP contribution >= 0.6 is 11.3 Å². The molecule has 1 fully saturated rings. The Bertz CT molecular complexity index is 819. The minimum atomic E-state index is -0.862. The van der Waals surface area contributed by atoms with Crippen molar-refractivity contribution in [2.75, 3.05) is 5.32 Å². The second-order valence-corrected chi connectivity index (χ2v) is 7.62. The van der Waals surface area contributed by atoms with E-state index in [-0.39, 0.29) is 17.9 Å². The summed E-state index contributed by atoms with van der Waals surface area (Å²) >= 11 is 1.34. The first-order valence-electron chi connectivity index (χ1n) is 9.03. The number of rotatable bonds is 5. The van der Waals surface area contributed by atoms with Gasteiger partial charge in [0.1, 0.15) is 0 Å². The van der Waals surface area contributed by atoms with Crippen molar-refractivity contribution in [2.45, 2.75) is 38.1 Å². The molecule has 2 amide bonds. The molecule has 2 aromatic rings.